The number of anilines is 2. The van der Waals surface area contributed by atoms with Gasteiger partial charge in [0.2, 0.25) is 0 Å². The third-order valence-corrected chi connectivity index (χ3v) is 11.5. The molecule has 0 bridgehead atoms. The predicted molar refractivity (Wildman–Crippen MR) is 167 cm³/mol. The fourth-order valence-electron chi connectivity index (χ4n) is 4.22. The molecule has 0 aliphatic carbocycles. The van der Waals surface area contributed by atoms with E-state index in [0.29, 0.717) is 24.1 Å². The van der Waals surface area contributed by atoms with E-state index in [4.69, 9.17) is 19.3 Å². The maximum absolute atomic E-state index is 14.1. The van der Waals surface area contributed by atoms with Crippen LogP contribution in [0.4, 0.5) is 38.3 Å². The first-order chi connectivity index (χ1) is 22.8. The van der Waals surface area contributed by atoms with Gasteiger partial charge in [-0.2, -0.15) is 33.7 Å². The van der Waals surface area contributed by atoms with Crippen molar-refractivity contribution >= 4 is 67.5 Å². The summed E-state index contributed by atoms with van der Waals surface area (Å²) in [5, 5.41) is 10.9. The lowest BCUT2D eigenvalue weighted by Crippen LogP contribution is -2.38. The number of halogens is 5. The average Bonchev–Trinajstić information content (AvgIpc) is 3.56. The van der Waals surface area contributed by atoms with E-state index in [2.05, 4.69) is 30.1 Å². The molecule has 49 heavy (non-hydrogen) atoms. The van der Waals surface area contributed by atoms with Crippen molar-refractivity contribution in [1.29, 1.82) is 0 Å². The van der Waals surface area contributed by atoms with Crippen molar-refractivity contribution in [3.05, 3.63) is 36.7 Å². The summed E-state index contributed by atoms with van der Waals surface area (Å²) >= 11 is 2.16. The number of aromatic nitrogens is 4. The molecule has 3 heterocycles. The zero-order valence-electron chi connectivity index (χ0n) is 24.9. The largest absolute Gasteiger partial charge is 0.443 e. The summed E-state index contributed by atoms with van der Waals surface area (Å²) in [6.07, 6.45) is -11.0. The highest BCUT2D eigenvalue weighted by Crippen LogP contribution is 2.73. The number of nitrogens with zero attached hydrogens (tertiary/aromatic N) is 4. The van der Waals surface area contributed by atoms with Crippen LogP contribution >= 0.6 is 38.7 Å². The monoisotopic (exact) mass is 782 g/mol. The molecule has 1 saturated heterocycles. The number of alkyl halides is 5. The van der Waals surface area contributed by atoms with Crippen LogP contribution in [0.2, 0.25) is 0 Å². The number of thioether (sulfide) groups is 2. The van der Waals surface area contributed by atoms with Gasteiger partial charge in [0.25, 0.3) is 0 Å². The van der Waals surface area contributed by atoms with Crippen molar-refractivity contribution < 1.29 is 69.7 Å². The number of para-hydroxylation sites is 1. The van der Waals surface area contributed by atoms with E-state index in [1.54, 1.807) is 18.2 Å². The zero-order valence-corrected chi connectivity index (χ0v) is 28.4. The Balaban J connectivity index is 1.69. The Morgan fingerprint density at radius 3 is 2.43 bits per heavy atom. The second-order valence-electron chi connectivity index (χ2n) is 10.1. The van der Waals surface area contributed by atoms with E-state index >= 15 is 0 Å². The number of rotatable bonds is 15. The number of benzene rings is 1. The molecule has 6 N–H and O–H groups in total. The number of amides is 1. The molecule has 16 nitrogen and oxygen atoms in total. The highest BCUT2D eigenvalue weighted by Gasteiger charge is 2.65. The minimum atomic E-state index is -6.50. The molecule has 1 unspecified atom stereocenters. The maximum atomic E-state index is 14.1. The summed E-state index contributed by atoms with van der Waals surface area (Å²) in [4.78, 5) is 53.1. The molecule has 1 aliphatic rings. The summed E-state index contributed by atoms with van der Waals surface area (Å²) in [5.74, 6) is 0.271. The Morgan fingerprint density at radius 2 is 1.80 bits per heavy atom. The van der Waals surface area contributed by atoms with Crippen LogP contribution in [0.15, 0.2) is 41.8 Å². The molecule has 5 atom stereocenters. The molecule has 1 fully saturated rings. The molecule has 0 radical (unpaired) electrons. The lowest BCUT2D eigenvalue weighted by Gasteiger charge is -2.24. The number of ether oxygens (including phenoxy) is 2. The van der Waals surface area contributed by atoms with Gasteiger partial charge in [0.05, 0.1) is 19.4 Å². The number of carbonyl (C=O) groups excluding carboxylic acids is 1. The Hall–Kier alpha value is -2.59. The van der Waals surface area contributed by atoms with Gasteiger partial charge >= 0.3 is 32.9 Å². The first-order valence-corrected chi connectivity index (χ1v) is 19.4. The normalized spacial score (nSPS) is 21.4. The molecular formula is C24H29F5N6O10P2S2. The Kier molecular flexibility index (Phi) is 12.6. The van der Waals surface area contributed by atoms with Crippen molar-refractivity contribution in [2.45, 2.75) is 47.7 Å². The van der Waals surface area contributed by atoms with Crippen molar-refractivity contribution in [2.75, 3.05) is 41.5 Å². The van der Waals surface area contributed by atoms with Crippen LogP contribution in [0.1, 0.15) is 12.6 Å². The predicted octanol–water partition coefficient (Wildman–Crippen LogP) is 4.45. The lowest BCUT2D eigenvalue weighted by molar-refractivity contribution is -0.129. The van der Waals surface area contributed by atoms with Crippen LogP contribution in [0, 0.1) is 0 Å². The summed E-state index contributed by atoms with van der Waals surface area (Å²) < 4.78 is 107. The summed E-state index contributed by atoms with van der Waals surface area (Å²) in [5.41, 5.74) is 0.251. The Morgan fingerprint density at radius 1 is 1.10 bits per heavy atom. The van der Waals surface area contributed by atoms with Gasteiger partial charge in [-0.3, -0.25) is 19.0 Å². The molecule has 1 amide bonds. The highest BCUT2D eigenvalue weighted by atomic mass is 32.2. The molecule has 4 rings (SSSR count). The number of imidazole rings is 1. The standard InChI is InChI=1S/C24H29F5N6O10P2S2/c1-48-10-8-30-18-15-19(34-21(33-18)49-9-7-23(25,26)27)35(12-31-15)20-17(45-22(37)32-13-5-3-2-4-6-13)16(36)14(44-20)11-43-47(41,42)24(28,29)46(38,39)40/h2-6,12,14,16-17,20,36H,7-11H2,1H3,(H,32,37)(H,41,42)(H,30,33,34)(H2,38,39,40)/t14-,16-,17-,20-/m1/s1. The van der Waals surface area contributed by atoms with E-state index in [9.17, 15) is 45.9 Å². The zero-order chi connectivity index (χ0) is 36.2. The van der Waals surface area contributed by atoms with Crippen LogP contribution in [-0.2, 0) is 23.1 Å². The minimum absolute atomic E-state index is 0.0766. The van der Waals surface area contributed by atoms with E-state index in [-0.39, 0.29) is 27.8 Å². The van der Waals surface area contributed by atoms with Gasteiger partial charge in [0.15, 0.2) is 34.5 Å². The number of nitrogens with one attached hydrogen (secondary N) is 2. The van der Waals surface area contributed by atoms with Crippen LogP contribution in [0.25, 0.3) is 11.2 Å². The summed E-state index contributed by atoms with van der Waals surface area (Å²) in [7, 11) is -12.9. The number of carbonyl (C=O) groups is 1. The summed E-state index contributed by atoms with van der Waals surface area (Å²) in [6.45, 7) is -1.00. The van der Waals surface area contributed by atoms with Gasteiger partial charge in [-0.05, 0) is 18.4 Å². The van der Waals surface area contributed by atoms with Gasteiger partial charge < -0.3 is 39.1 Å². The lowest BCUT2D eigenvalue weighted by atomic mass is 10.1. The first kappa shape index (κ1) is 39.2. The quantitative estimate of drug-likeness (QED) is 0.0412. The number of aliphatic hydroxyl groups is 1. The Labute approximate surface area is 282 Å². The third kappa shape index (κ3) is 9.60. The van der Waals surface area contributed by atoms with Gasteiger partial charge in [-0.25, -0.2) is 19.7 Å². The van der Waals surface area contributed by atoms with Crippen molar-refractivity contribution in [1.82, 2.24) is 19.5 Å². The number of aliphatic hydroxyl groups excluding tert-OH is 1. The molecule has 2 aromatic heterocycles. The first-order valence-electron chi connectivity index (χ1n) is 13.8. The van der Waals surface area contributed by atoms with Gasteiger partial charge in [-0.15, -0.1) is 0 Å². The number of fused-ring (bicyclic) bond motifs is 1. The van der Waals surface area contributed by atoms with Crippen LogP contribution < -0.4 is 10.6 Å². The van der Waals surface area contributed by atoms with Crippen molar-refractivity contribution in [3.63, 3.8) is 0 Å². The fourth-order valence-corrected chi connectivity index (χ4v) is 7.34. The van der Waals surface area contributed by atoms with Crippen molar-refractivity contribution in [2.24, 2.45) is 0 Å². The van der Waals surface area contributed by atoms with Gasteiger partial charge in [-0.1, -0.05) is 30.0 Å². The third-order valence-electron chi connectivity index (χ3n) is 6.57. The highest BCUT2D eigenvalue weighted by molar-refractivity contribution is 7.99. The smallest absolute Gasteiger partial charge is 0.438 e. The molecule has 1 aromatic carbocycles. The van der Waals surface area contributed by atoms with Gasteiger partial charge in [0.1, 0.15) is 12.2 Å². The fraction of sp³-hybridized carbons (Fsp3) is 0.500. The molecule has 0 spiro atoms. The summed E-state index contributed by atoms with van der Waals surface area (Å²) in [6, 6.07) is 7.84. The van der Waals surface area contributed by atoms with E-state index in [1.165, 1.54) is 23.9 Å². The van der Waals surface area contributed by atoms with Gasteiger partial charge in [0, 0.05) is 23.7 Å². The molecule has 3 aromatic rings. The molecular weight excluding hydrogens is 753 g/mol. The van der Waals surface area contributed by atoms with E-state index < -0.39 is 76.2 Å². The molecule has 0 saturated carbocycles. The second kappa shape index (κ2) is 15.7. The van der Waals surface area contributed by atoms with Crippen LogP contribution in [-0.4, -0.2) is 106 Å². The number of hydrogen-bond donors (Lipinski definition) is 6. The molecule has 1 aliphatic heterocycles. The topological polar surface area (TPSA) is 227 Å². The van der Waals surface area contributed by atoms with Crippen LogP contribution in [0.3, 0.4) is 0 Å². The van der Waals surface area contributed by atoms with E-state index in [1.807, 2.05) is 6.26 Å². The molecule has 272 valence electrons. The average molecular weight is 783 g/mol. The maximum Gasteiger partial charge on any atom is 0.443 e. The SMILES string of the molecule is CSCCNc1nc(SCCC(F)(F)F)nc2c1ncn2[C@@H]1O[C@H](COP(=O)(O)C(F)(F)P(=O)(O)O)[C@@H](O)[C@H]1OC(=O)Nc1ccccc1. The van der Waals surface area contributed by atoms with E-state index in [0.717, 1.165) is 10.9 Å². The number of hydrogen-bond acceptors (Lipinski definition) is 13. The van der Waals surface area contributed by atoms with Crippen LogP contribution in [0.5, 0.6) is 0 Å². The Bertz CT molecular complexity index is 1710. The minimum Gasteiger partial charge on any atom is -0.438 e. The molecule has 25 heteroatoms. The second-order valence-corrected chi connectivity index (χ2v) is 16.0. The van der Waals surface area contributed by atoms with Crippen molar-refractivity contribution in [3.8, 4) is 0 Å².